The standard InChI is InChI=1S/C17H16F3N5O2S/c1-3-28-16-23-12(13-6-7-22-24(13)2)8-15(26)25(16)11-4-5-14(21-9-11)27-10-17(18,19)20/h4-9H,3,10H2,1-2H3. The summed E-state index contributed by atoms with van der Waals surface area (Å²) in [4.78, 5) is 21.2. The molecule has 7 nitrogen and oxygen atoms in total. The maximum atomic E-state index is 12.8. The van der Waals surface area contributed by atoms with E-state index in [4.69, 9.17) is 0 Å². The van der Waals surface area contributed by atoms with Crippen molar-refractivity contribution >= 4 is 11.8 Å². The second-order valence-electron chi connectivity index (χ2n) is 5.63. The molecular weight excluding hydrogens is 395 g/mol. The van der Waals surface area contributed by atoms with Gasteiger partial charge in [0.15, 0.2) is 11.8 Å². The third-order valence-corrected chi connectivity index (χ3v) is 4.43. The molecule has 0 aromatic carbocycles. The van der Waals surface area contributed by atoms with Crippen LogP contribution in [-0.4, -0.2) is 42.9 Å². The van der Waals surface area contributed by atoms with Crippen LogP contribution in [0.5, 0.6) is 5.88 Å². The lowest BCUT2D eigenvalue weighted by molar-refractivity contribution is -0.154. The van der Waals surface area contributed by atoms with E-state index in [1.807, 2.05) is 6.92 Å². The third kappa shape index (κ3) is 4.53. The summed E-state index contributed by atoms with van der Waals surface area (Å²) in [7, 11) is 1.75. The molecule has 0 radical (unpaired) electrons. The number of aromatic nitrogens is 5. The summed E-state index contributed by atoms with van der Waals surface area (Å²) in [5.74, 6) is 0.486. The van der Waals surface area contributed by atoms with Crippen molar-refractivity contribution in [1.82, 2.24) is 24.3 Å². The quantitative estimate of drug-likeness (QED) is 0.458. The number of hydrogen-bond donors (Lipinski definition) is 0. The van der Waals surface area contributed by atoms with Crippen molar-refractivity contribution in [2.24, 2.45) is 7.05 Å². The van der Waals surface area contributed by atoms with E-state index >= 15 is 0 Å². The summed E-state index contributed by atoms with van der Waals surface area (Å²) >= 11 is 1.36. The van der Waals surface area contributed by atoms with Crippen LogP contribution in [0.15, 0.2) is 46.6 Å². The SMILES string of the molecule is CCSc1nc(-c2ccnn2C)cc(=O)n1-c1ccc(OCC(F)(F)F)nc1. The lowest BCUT2D eigenvalue weighted by Crippen LogP contribution is -2.22. The zero-order valence-electron chi connectivity index (χ0n) is 15.0. The Morgan fingerprint density at radius 3 is 2.61 bits per heavy atom. The van der Waals surface area contributed by atoms with Gasteiger partial charge in [-0.1, -0.05) is 18.7 Å². The maximum absolute atomic E-state index is 12.8. The monoisotopic (exact) mass is 411 g/mol. The molecule has 11 heteroatoms. The molecule has 0 saturated heterocycles. The number of pyridine rings is 1. The van der Waals surface area contributed by atoms with Gasteiger partial charge in [-0.05, 0) is 17.9 Å². The van der Waals surface area contributed by atoms with Crippen molar-refractivity contribution in [3.05, 3.63) is 47.0 Å². The minimum atomic E-state index is -4.45. The molecule has 0 aliphatic rings. The van der Waals surface area contributed by atoms with Crippen LogP contribution in [0.4, 0.5) is 13.2 Å². The number of aryl methyl sites for hydroxylation is 1. The van der Waals surface area contributed by atoms with Crippen molar-refractivity contribution in [3.8, 4) is 23.0 Å². The predicted molar refractivity (Wildman–Crippen MR) is 97.8 cm³/mol. The van der Waals surface area contributed by atoms with E-state index in [2.05, 4.69) is 19.8 Å². The molecule has 3 heterocycles. The molecule has 3 aromatic heterocycles. The van der Waals surface area contributed by atoms with Gasteiger partial charge in [-0.25, -0.2) is 9.97 Å². The Morgan fingerprint density at radius 1 is 1.25 bits per heavy atom. The summed E-state index contributed by atoms with van der Waals surface area (Å²) in [5, 5.41) is 4.52. The van der Waals surface area contributed by atoms with Crippen molar-refractivity contribution in [2.75, 3.05) is 12.4 Å². The normalized spacial score (nSPS) is 11.6. The van der Waals surface area contributed by atoms with Gasteiger partial charge in [-0.3, -0.25) is 14.0 Å². The van der Waals surface area contributed by atoms with E-state index in [1.54, 1.807) is 24.0 Å². The first-order chi connectivity index (χ1) is 13.3. The van der Waals surface area contributed by atoms with Crippen LogP contribution < -0.4 is 10.3 Å². The van der Waals surface area contributed by atoms with Crippen molar-refractivity contribution in [3.63, 3.8) is 0 Å². The first-order valence-corrected chi connectivity index (χ1v) is 9.18. The van der Waals surface area contributed by atoms with Crippen LogP contribution in [0.2, 0.25) is 0 Å². The van der Waals surface area contributed by atoms with Gasteiger partial charge in [0.05, 0.1) is 23.3 Å². The Morgan fingerprint density at radius 2 is 2.04 bits per heavy atom. The fraction of sp³-hybridized carbons (Fsp3) is 0.294. The maximum Gasteiger partial charge on any atom is 0.422 e. The molecule has 0 bridgehead atoms. The minimum absolute atomic E-state index is 0.182. The molecule has 0 N–H and O–H groups in total. The van der Waals surface area contributed by atoms with Gasteiger partial charge < -0.3 is 4.74 Å². The van der Waals surface area contributed by atoms with E-state index in [9.17, 15) is 18.0 Å². The zero-order chi connectivity index (χ0) is 20.3. The first-order valence-electron chi connectivity index (χ1n) is 8.19. The van der Waals surface area contributed by atoms with Crippen molar-refractivity contribution in [2.45, 2.75) is 18.3 Å². The number of alkyl halides is 3. The predicted octanol–water partition coefficient (Wildman–Crippen LogP) is 3.08. The highest BCUT2D eigenvalue weighted by Gasteiger charge is 2.28. The average molecular weight is 411 g/mol. The highest BCUT2D eigenvalue weighted by Crippen LogP contribution is 2.23. The van der Waals surface area contributed by atoms with Crippen molar-refractivity contribution < 1.29 is 17.9 Å². The number of halogens is 3. The van der Waals surface area contributed by atoms with Gasteiger partial charge in [0.2, 0.25) is 5.88 Å². The summed E-state index contributed by atoms with van der Waals surface area (Å²) in [6.45, 7) is 0.488. The molecule has 3 aromatic rings. The molecule has 0 amide bonds. The Hall–Kier alpha value is -2.82. The lowest BCUT2D eigenvalue weighted by atomic mass is 10.3. The van der Waals surface area contributed by atoms with Crippen molar-refractivity contribution in [1.29, 1.82) is 0 Å². The van der Waals surface area contributed by atoms with E-state index in [1.165, 1.54) is 40.7 Å². The second kappa shape index (κ2) is 8.05. The Labute approximate surface area is 162 Å². The van der Waals surface area contributed by atoms with Crippen LogP contribution in [0, 0.1) is 0 Å². The molecule has 148 valence electrons. The van der Waals surface area contributed by atoms with Gasteiger partial charge in [-0.15, -0.1) is 0 Å². The topological polar surface area (TPSA) is 74.8 Å². The molecule has 0 saturated carbocycles. The number of hydrogen-bond acceptors (Lipinski definition) is 6. The summed E-state index contributed by atoms with van der Waals surface area (Å²) in [6, 6.07) is 5.87. The lowest BCUT2D eigenvalue weighted by Gasteiger charge is -2.13. The van der Waals surface area contributed by atoms with E-state index in [0.29, 0.717) is 28.0 Å². The molecular formula is C17H16F3N5O2S. The average Bonchev–Trinajstić information content (AvgIpc) is 3.06. The van der Waals surface area contributed by atoms with Gasteiger partial charge >= 0.3 is 6.18 Å². The fourth-order valence-corrected chi connectivity index (χ4v) is 3.17. The Kier molecular flexibility index (Phi) is 5.73. The van der Waals surface area contributed by atoms with Crippen LogP contribution in [-0.2, 0) is 7.05 Å². The van der Waals surface area contributed by atoms with Crippen LogP contribution >= 0.6 is 11.8 Å². The fourth-order valence-electron chi connectivity index (χ4n) is 2.43. The number of ether oxygens (including phenoxy) is 1. The summed E-state index contributed by atoms with van der Waals surface area (Å²) in [5.41, 5.74) is 1.21. The van der Waals surface area contributed by atoms with E-state index in [0.717, 1.165) is 0 Å². The van der Waals surface area contributed by atoms with Gasteiger partial charge in [0, 0.05) is 25.4 Å². The van der Waals surface area contributed by atoms with Gasteiger partial charge in [0.1, 0.15) is 0 Å². The molecule has 3 rings (SSSR count). The molecule has 0 fully saturated rings. The molecule has 0 aliphatic heterocycles. The molecule has 0 unspecified atom stereocenters. The molecule has 0 atom stereocenters. The number of thioether (sulfide) groups is 1. The minimum Gasteiger partial charge on any atom is -0.468 e. The summed E-state index contributed by atoms with van der Waals surface area (Å²) < 4.78 is 44.3. The van der Waals surface area contributed by atoms with Crippen LogP contribution in [0.25, 0.3) is 17.1 Å². The van der Waals surface area contributed by atoms with Gasteiger partial charge in [0.25, 0.3) is 5.56 Å². The van der Waals surface area contributed by atoms with Gasteiger partial charge in [-0.2, -0.15) is 18.3 Å². The highest BCUT2D eigenvalue weighted by molar-refractivity contribution is 7.99. The van der Waals surface area contributed by atoms with E-state index in [-0.39, 0.29) is 11.4 Å². The zero-order valence-corrected chi connectivity index (χ0v) is 15.8. The third-order valence-electron chi connectivity index (χ3n) is 3.61. The second-order valence-corrected chi connectivity index (χ2v) is 6.86. The Bertz CT molecular complexity index is 1010. The smallest absolute Gasteiger partial charge is 0.422 e. The molecule has 0 spiro atoms. The number of nitrogens with zero attached hydrogens (tertiary/aromatic N) is 5. The molecule has 28 heavy (non-hydrogen) atoms. The van der Waals surface area contributed by atoms with Crippen LogP contribution in [0.1, 0.15) is 6.92 Å². The summed E-state index contributed by atoms with van der Waals surface area (Å²) in [6.07, 6.45) is -1.56. The number of rotatable bonds is 6. The first kappa shape index (κ1) is 19.9. The largest absolute Gasteiger partial charge is 0.468 e. The van der Waals surface area contributed by atoms with Crippen LogP contribution in [0.3, 0.4) is 0 Å². The highest BCUT2D eigenvalue weighted by atomic mass is 32.2. The Balaban J connectivity index is 1.97. The van der Waals surface area contributed by atoms with E-state index < -0.39 is 12.8 Å². The molecule has 0 aliphatic carbocycles.